The second-order valence-electron chi connectivity index (χ2n) is 3.17. The molecule has 0 bridgehead atoms. The van der Waals surface area contributed by atoms with Gasteiger partial charge in [-0.2, -0.15) is 10.6 Å². The van der Waals surface area contributed by atoms with Crippen LogP contribution in [0.25, 0.3) is 0 Å². The summed E-state index contributed by atoms with van der Waals surface area (Å²) in [5.74, 6) is 0.313. The van der Waals surface area contributed by atoms with E-state index in [9.17, 15) is 0 Å². The fourth-order valence-corrected chi connectivity index (χ4v) is 1.02. The molecule has 0 fully saturated rings. The third kappa shape index (κ3) is 3.98. The van der Waals surface area contributed by atoms with E-state index in [-0.39, 0.29) is 0 Å². The summed E-state index contributed by atoms with van der Waals surface area (Å²) < 4.78 is 7.09. The van der Waals surface area contributed by atoms with E-state index in [1.807, 2.05) is 0 Å². The van der Waals surface area contributed by atoms with E-state index in [1.54, 1.807) is 30.3 Å². The largest absolute Gasteiger partial charge is 0.372 e. The number of nitrogens with zero attached hydrogens (tertiary/aromatic N) is 3. The highest BCUT2D eigenvalue weighted by atomic mass is 16.5. The van der Waals surface area contributed by atoms with Crippen LogP contribution >= 0.6 is 0 Å². The molecule has 1 aromatic rings. The Morgan fingerprint density at radius 1 is 1.81 bits per heavy atom. The SMILES string of the molecule is C[N+](CCOCc1cnc[nH]1)=C(N)NC#N. The first-order valence-electron chi connectivity index (χ1n) is 4.77. The number of nitriles is 1. The minimum atomic E-state index is 0.313. The van der Waals surface area contributed by atoms with E-state index in [0.29, 0.717) is 25.7 Å². The quantitative estimate of drug-likeness (QED) is 0.148. The summed E-state index contributed by atoms with van der Waals surface area (Å²) in [4.78, 5) is 6.81. The number of guanidine groups is 1. The highest BCUT2D eigenvalue weighted by molar-refractivity contribution is 5.74. The Labute approximate surface area is 93.6 Å². The summed E-state index contributed by atoms with van der Waals surface area (Å²) in [6.45, 7) is 1.61. The molecule has 0 radical (unpaired) electrons. The molecule has 7 nitrogen and oxygen atoms in total. The fourth-order valence-electron chi connectivity index (χ4n) is 1.02. The molecule has 4 N–H and O–H groups in total. The summed E-state index contributed by atoms with van der Waals surface area (Å²) in [5, 5.41) is 10.7. The number of ether oxygens (including phenoxy) is 1. The molecule has 86 valence electrons. The molecule has 0 aliphatic rings. The maximum atomic E-state index is 8.35. The predicted molar refractivity (Wildman–Crippen MR) is 57.2 cm³/mol. The van der Waals surface area contributed by atoms with Crippen LogP contribution in [0.15, 0.2) is 12.5 Å². The highest BCUT2D eigenvalue weighted by Crippen LogP contribution is 1.93. The first kappa shape index (κ1) is 12.0. The molecular weight excluding hydrogens is 208 g/mol. The highest BCUT2D eigenvalue weighted by Gasteiger charge is 2.02. The Balaban J connectivity index is 2.21. The first-order chi connectivity index (χ1) is 7.74. The number of nitrogens with one attached hydrogen (secondary N) is 2. The summed E-state index contributed by atoms with van der Waals surface area (Å²) in [6.07, 6.45) is 5.07. The van der Waals surface area contributed by atoms with Gasteiger partial charge in [-0.25, -0.2) is 4.98 Å². The molecule has 0 atom stereocenters. The number of likely N-dealkylation sites (N-methyl/N-ethyl adjacent to an activating group) is 1. The fraction of sp³-hybridized carbons (Fsp3) is 0.444. The van der Waals surface area contributed by atoms with Crippen molar-refractivity contribution in [2.45, 2.75) is 6.61 Å². The number of hydrogen-bond donors (Lipinski definition) is 3. The van der Waals surface area contributed by atoms with Crippen molar-refractivity contribution in [2.75, 3.05) is 20.2 Å². The van der Waals surface area contributed by atoms with Gasteiger partial charge in [-0.1, -0.05) is 0 Å². The minimum Gasteiger partial charge on any atom is -0.372 e. The van der Waals surface area contributed by atoms with Gasteiger partial charge < -0.3 is 9.72 Å². The number of imidazole rings is 1. The summed E-state index contributed by atoms with van der Waals surface area (Å²) in [5.41, 5.74) is 6.47. The Bertz CT molecular complexity index is 377. The second-order valence-corrected chi connectivity index (χ2v) is 3.17. The zero-order chi connectivity index (χ0) is 11.8. The van der Waals surface area contributed by atoms with Gasteiger partial charge in [0.15, 0.2) is 0 Å². The van der Waals surface area contributed by atoms with Crippen LogP contribution in [0.5, 0.6) is 0 Å². The number of rotatable bonds is 5. The number of hydrogen-bond acceptors (Lipinski definition) is 3. The number of H-pyrrole nitrogens is 1. The Kier molecular flexibility index (Phi) is 4.82. The molecular formula is C9H15N6O+. The molecule has 16 heavy (non-hydrogen) atoms. The van der Waals surface area contributed by atoms with Crippen molar-refractivity contribution in [3.05, 3.63) is 18.2 Å². The van der Waals surface area contributed by atoms with Crippen molar-refractivity contribution in [3.63, 3.8) is 0 Å². The van der Waals surface area contributed by atoms with E-state index < -0.39 is 0 Å². The van der Waals surface area contributed by atoms with Crippen LogP contribution in [0.3, 0.4) is 0 Å². The number of aromatic nitrogens is 2. The molecule has 0 amide bonds. The topological polar surface area (TPSA) is 103 Å². The van der Waals surface area contributed by atoms with E-state index >= 15 is 0 Å². The molecule has 1 heterocycles. The van der Waals surface area contributed by atoms with Gasteiger partial charge in [-0.3, -0.25) is 10.3 Å². The number of aromatic amines is 1. The standard InChI is InChI=1S/C9H14N6O/c1-15(9(11)13-6-10)2-3-16-5-8-4-12-7-14-8/h4,7H,2-3,5H2,1H3,(H3,11,12,13,14)/p+1. The molecule has 1 aromatic heterocycles. The van der Waals surface area contributed by atoms with Crippen LogP contribution in [-0.2, 0) is 11.3 Å². The second kappa shape index (κ2) is 6.42. The summed E-state index contributed by atoms with van der Waals surface area (Å²) in [6, 6.07) is 0. The summed E-state index contributed by atoms with van der Waals surface area (Å²) in [7, 11) is 1.78. The van der Waals surface area contributed by atoms with Crippen molar-refractivity contribution in [1.29, 1.82) is 5.26 Å². The average Bonchev–Trinajstić information content (AvgIpc) is 2.77. The normalized spacial score (nSPS) is 11.8. The lowest BCUT2D eigenvalue weighted by atomic mass is 10.5. The lowest BCUT2D eigenvalue weighted by molar-refractivity contribution is -0.503. The van der Waals surface area contributed by atoms with Crippen LogP contribution < -0.4 is 11.1 Å². The zero-order valence-electron chi connectivity index (χ0n) is 9.10. The monoisotopic (exact) mass is 223 g/mol. The van der Waals surface area contributed by atoms with Gasteiger partial charge in [0, 0.05) is 0 Å². The van der Waals surface area contributed by atoms with Gasteiger partial charge in [0.25, 0.3) is 6.19 Å². The minimum absolute atomic E-state index is 0.313. The van der Waals surface area contributed by atoms with E-state index in [0.717, 1.165) is 5.69 Å². The van der Waals surface area contributed by atoms with Crippen molar-refractivity contribution < 1.29 is 9.31 Å². The Hall–Kier alpha value is -2.07. The average molecular weight is 223 g/mol. The van der Waals surface area contributed by atoms with Crippen molar-refractivity contribution in [2.24, 2.45) is 5.73 Å². The van der Waals surface area contributed by atoms with E-state index in [2.05, 4.69) is 15.3 Å². The van der Waals surface area contributed by atoms with Gasteiger partial charge in [0.1, 0.15) is 0 Å². The van der Waals surface area contributed by atoms with Gasteiger partial charge in [-0.15, -0.1) is 0 Å². The third-order valence-corrected chi connectivity index (χ3v) is 1.98. The molecule has 0 saturated heterocycles. The molecule has 0 saturated carbocycles. The molecule has 0 unspecified atom stereocenters. The van der Waals surface area contributed by atoms with Crippen LogP contribution in [0.4, 0.5) is 0 Å². The molecule has 0 spiro atoms. The zero-order valence-corrected chi connectivity index (χ0v) is 9.10. The first-order valence-corrected chi connectivity index (χ1v) is 4.77. The predicted octanol–water partition coefficient (Wildman–Crippen LogP) is -1.05. The van der Waals surface area contributed by atoms with Gasteiger partial charge in [0.05, 0.1) is 45.0 Å². The molecule has 0 aliphatic heterocycles. The van der Waals surface area contributed by atoms with Gasteiger partial charge in [-0.05, 0) is 0 Å². The number of nitrogens with two attached hydrogens (primary N) is 1. The maximum absolute atomic E-state index is 8.35. The van der Waals surface area contributed by atoms with Crippen molar-refractivity contribution in [1.82, 2.24) is 15.3 Å². The smallest absolute Gasteiger partial charge is 0.357 e. The van der Waals surface area contributed by atoms with E-state index in [1.165, 1.54) is 0 Å². The van der Waals surface area contributed by atoms with Crippen LogP contribution in [0, 0.1) is 11.5 Å². The van der Waals surface area contributed by atoms with Gasteiger partial charge >= 0.3 is 5.96 Å². The Morgan fingerprint density at radius 3 is 3.25 bits per heavy atom. The van der Waals surface area contributed by atoms with E-state index in [4.69, 9.17) is 15.7 Å². The van der Waals surface area contributed by atoms with Crippen LogP contribution in [0.1, 0.15) is 5.69 Å². The maximum Gasteiger partial charge on any atom is 0.357 e. The molecule has 7 heteroatoms. The van der Waals surface area contributed by atoms with Crippen molar-refractivity contribution in [3.8, 4) is 6.19 Å². The van der Waals surface area contributed by atoms with Crippen molar-refractivity contribution >= 4 is 5.96 Å². The lowest BCUT2D eigenvalue weighted by Gasteiger charge is -2.04. The molecule has 0 aliphatic carbocycles. The van der Waals surface area contributed by atoms with Crippen LogP contribution in [-0.4, -0.2) is 40.7 Å². The molecule has 0 aromatic carbocycles. The summed E-state index contributed by atoms with van der Waals surface area (Å²) >= 11 is 0. The molecule has 1 rings (SSSR count). The third-order valence-electron chi connectivity index (χ3n) is 1.98. The lowest BCUT2D eigenvalue weighted by Crippen LogP contribution is -2.37. The van der Waals surface area contributed by atoms with Gasteiger partial charge in [0.2, 0.25) is 0 Å². The Morgan fingerprint density at radius 2 is 2.62 bits per heavy atom. The van der Waals surface area contributed by atoms with Crippen LogP contribution in [0.2, 0.25) is 0 Å².